The lowest BCUT2D eigenvalue weighted by Gasteiger charge is -2.15. The van der Waals surface area contributed by atoms with E-state index in [0.717, 1.165) is 28.1 Å². The van der Waals surface area contributed by atoms with Gasteiger partial charge in [0.05, 0.1) is 17.2 Å². The minimum Gasteiger partial charge on any atom is -0.381 e. The third-order valence-electron chi connectivity index (χ3n) is 3.19. The summed E-state index contributed by atoms with van der Waals surface area (Å²) in [5, 5.41) is 14.8. The Morgan fingerprint density at radius 2 is 2.27 bits per heavy atom. The van der Waals surface area contributed by atoms with Crippen LogP contribution in [0.4, 0.5) is 5.69 Å². The summed E-state index contributed by atoms with van der Waals surface area (Å²) in [5.74, 6) is 1.52. The van der Waals surface area contributed by atoms with Gasteiger partial charge in [0.1, 0.15) is 5.82 Å². The topological polar surface area (TPSA) is 71.4 Å². The van der Waals surface area contributed by atoms with Gasteiger partial charge < -0.3 is 5.32 Å². The molecule has 0 aliphatic rings. The third-order valence-corrected chi connectivity index (χ3v) is 3.60. The van der Waals surface area contributed by atoms with E-state index in [1.165, 1.54) is 0 Å². The average Bonchev–Trinajstić information content (AvgIpc) is 3.08. The first-order valence-corrected chi connectivity index (χ1v) is 7.83. The van der Waals surface area contributed by atoms with Crippen LogP contribution in [0.2, 0.25) is 0 Å². The molecule has 0 fully saturated rings. The van der Waals surface area contributed by atoms with Crippen molar-refractivity contribution in [2.45, 2.75) is 26.4 Å². The lowest BCUT2D eigenvalue weighted by molar-refractivity contribution is 0.561. The van der Waals surface area contributed by atoms with Gasteiger partial charge in [0.25, 0.3) is 0 Å². The van der Waals surface area contributed by atoms with Gasteiger partial charge in [0.15, 0.2) is 5.82 Å². The number of H-pyrrole nitrogens is 1. The maximum absolute atomic E-state index is 4.36. The Balaban J connectivity index is 1.69. The molecule has 0 saturated carbocycles. The molecular weight excluding hydrogens is 344 g/mol. The number of aromatic amines is 1. The van der Waals surface area contributed by atoms with Gasteiger partial charge in [-0.25, -0.2) is 4.98 Å². The fourth-order valence-electron chi connectivity index (χ4n) is 2.27. The van der Waals surface area contributed by atoms with Crippen molar-refractivity contribution in [3.05, 3.63) is 47.0 Å². The number of benzene rings is 1. The van der Waals surface area contributed by atoms with E-state index in [1.807, 2.05) is 36.0 Å². The molecule has 3 aromatic rings. The number of halogens is 1. The number of rotatable bonds is 5. The summed E-state index contributed by atoms with van der Waals surface area (Å²) in [4.78, 5) is 4.36. The second kappa shape index (κ2) is 6.31. The molecule has 1 aromatic carbocycles. The van der Waals surface area contributed by atoms with Gasteiger partial charge in [-0.3, -0.25) is 9.78 Å². The van der Waals surface area contributed by atoms with E-state index >= 15 is 0 Å². The number of nitrogens with one attached hydrogen (secondary N) is 2. The highest BCUT2D eigenvalue weighted by molar-refractivity contribution is 9.10. The van der Waals surface area contributed by atoms with Gasteiger partial charge in [-0.15, -0.1) is 0 Å². The Kier molecular flexibility index (Phi) is 4.24. The molecule has 1 atom stereocenters. The predicted octanol–water partition coefficient (Wildman–Crippen LogP) is 3.24. The molecule has 6 nitrogen and oxygen atoms in total. The van der Waals surface area contributed by atoms with Gasteiger partial charge in [-0.05, 0) is 41.9 Å². The number of anilines is 1. The quantitative estimate of drug-likeness (QED) is 0.732. The summed E-state index contributed by atoms with van der Waals surface area (Å²) in [6.07, 6.45) is 3.75. The van der Waals surface area contributed by atoms with Crippen LogP contribution in [-0.4, -0.2) is 31.0 Å². The van der Waals surface area contributed by atoms with Crippen LogP contribution in [0.3, 0.4) is 0 Å². The van der Waals surface area contributed by atoms with Crippen molar-refractivity contribution in [1.82, 2.24) is 25.0 Å². The molecule has 0 saturated heterocycles. The van der Waals surface area contributed by atoms with Crippen LogP contribution >= 0.6 is 15.9 Å². The Hall–Kier alpha value is -2.15. The molecule has 0 spiro atoms. The normalized spacial score (nSPS) is 12.3. The first-order chi connectivity index (χ1) is 10.6. The lowest BCUT2D eigenvalue weighted by atomic mass is 10.2. The number of aryl methyl sites for hydroxylation is 1. The molecule has 0 amide bonds. The highest BCUT2D eigenvalue weighted by Gasteiger charge is 2.07. The summed E-state index contributed by atoms with van der Waals surface area (Å²) < 4.78 is 2.89. The summed E-state index contributed by atoms with van der Waals surface area (Å²) in [6, 6.07) is 8.34. The van der Waals surface area contributed by atoms with E-state index in [-0.39, 0.29) is 6.04 Å². The second-order valence-corrected chi connectivity index (χ2v) is 6.17. The molecular formula is C15H17BrN6. The third kappa shape index (κ3) is 3.54. The first kappa shape index (κ1) is 14.8. The van der Waals surface area contributed by atoms with Gasteiger partial charge in [0.2, 0.25) is 0 Å². The maximum atomic E-state index is 4.36. The molecule has 2 heterocycles. The fourth-order valence-corrected chi connectivity index (χ4v) is 2.60. The molecule has 0 bridgehead atoms. The van der Waals surface area contributed by atoms with E-state index in [0.29, 0.717) is 5.82 Å². The monoisotopic (exact) mass is 360 g/mol. The van der Waals surface area contributed by atoms with Crippen LogP contribution in [0, 0.1) is 6.92 Å². The largest absolute Gasteiger partial charge is 0.381 e. The van der Waals surface area contributed by atoms with Crippen LogP contribution in [0.1, 0.15) is 12.7 Å². The predicted molar refractivity (Wildman–Crippen MR) is 89.6 cm³/mol. The number of hydrogen-bond donors (Lipinski definition) is 2. The van der Waals surface area contributed by atoms with Crippen LogP contribution < -0.4 is 5.32 Å². The zero-order valence-corrected chi connectivity index (χ0v) is 14.0. The van der Waals surface area contributed by atoms with Crippen LogP contribution in [0.15, 0.2) is 41.1 Å². The number of hydrogen-bond acceptors (Lipinski definition) is 4. The SMILES string of the molecule is Cc1nc(-c2cccc(NC(C)Cn3cc(Br)cn3)c2)n[nH]1. The molecule has 0 radical (unpaired) electrons. The molecule has 3 rings (SSSR count). The summed E-state index contributed by atoms with van der Waals surface area (Å²) in [6.45, 7) is 4.80. The van der Waals surface area contributed by atoms with E-state index in [4.69, 9.17) is 0 Å². The van der Waals surface area contributed by atoms with Crippen LogP contribution in [0.25, 0.3) is 11.4 Å². The highest BCUT2D eigenvalue weighted by atomic mass is 79.9. The molecule has 0 aliphatic carbocycles. The molecule has 1 unspecified atom stereocenters. The molecule has 7 heteroatoms. The minimum atomic E-state index is 0.246. The Morgan fingerprint density at radius 3 is 2.95 bits per heavy atom. The van der Waals surface area contributed by atoms with Crippen LogP contribution in [0.5, 0.6) is 0 Å². The van der Waals surface area contributed by atoms with Crippen molar-refractivity contribution in [1.29, 1.82) is 0 Å². The van der Waals surface area contributed by atoms with Crippen molar-refractivity contribution >= 4 is 21.6 Å². The van der Waals surface area contributed by atoms with Crippen LogP contribution in [-0.2, 0) is 6.54 Å². The first-order valence-electron chi connectivity index (χ1n) is 7.04. The summed E-state index contributed by atoms with van der Waals surface area (Å²) in [5.41, 5.74) is 2.03. The van der Waals surface area contributed by atoms with E-state index in [1.54, 1.807) is 6.20 Å². The van der Waals surface area contributed by atoms with Gasteiger partial charge in [0, 0.05) is 23.5 Å². The zero-order valence-electron chi connectivity index (χ0n) is 12.4. The summed E-state index contributed by atoms with van der Waals surface area (Å²) in [7, 11) is 0. The van der Waals surface area contributed by atoms with Gasteiger partial charge in [-0.2, -0.15) is 10.2 Å². The molecule has 114 valence electrons. The van der Waals surface area contributed by atoms with Crippen molar-refractivity contribution in [2.75, 3.05) is 5.32 Å². The summed E-state index contributed by atoms with van der Waals surface area (Å²) >= 11 is 3.41. The minimum absolute atomic E-state index is 0.246. The maximum Gasteiger partial charge on any atom is 0.181 e. The Morgan fingerprint density at radius 1 is 1.41 bits per heavy atom. The van der Waals surface area contributed by atoms with Gasteiger partial charge >= 0.3 is 0 Å². The molecule has 22 heavy (non-hydrogen) atoms. The average molecular weight is 361 g/mol. The van der Waals surface area contributed by atoms with E-state index in [9.17, 15) is 0 Å². The van der Waals surface area contributed by atoms with Crippen molar-refractivity contribution in [2.24, 2.45) is 0 Å². The number of aromatic nitrogens is 5. The van der Waals surface area contributed by atoms with Gasteiger partial charge in [-0.1, -0.05) is 12.1 Å². The Labute approximate surface area is 137 Å². The highest BCUT2D eigenvalue weighted by Crippen LogP contribution is 2.20. The van der Waals surface area contributed by atoms with Crippen molar-refractivity contribution in [3.8, 4) is 11.4 Å². The molecule has 2 aromatic heterocycles. The number of nitrogens with zero attached hydrogens (tertiary/aromatic N) is 4. The second-order valence-electron chi connectivity index (χ2n) is 5.25. The smallest absolute Gasteiger partial charge is 0.181 e. The lowest BCUT2D eigenvalue weighted by Crippen LogP contribution is -2.22. The Bertz CT molecular complexity index is 763. The van der Waals surface area contributed by atoms with E-state index < -0.39 is 0 Å². The van der Waals surface area contributed by atoms with E-state index in [2.05, 4.69) is 54.5 Å². The fraction of sp³-hybridized carbons (Fsp3) is 0.267. The molecule has 0 aliphatic heterocycles. The van der Waals surface area contributed by atoms with Crippen molar-refractivity contribution in [3.63, 3.8) is 0 Å². The standard InChI is InChI=1S/C15H17BrN6/c1-10(8-22-9-13(16)7-17-22)18-14-5-3-4-12(6-14)15-19-11(2)20-21-15/h3-7,9-10,18H,8H2,1-2H3,(H,19,20,21). The zero-order chi connectivity index (χ0) is 15.5. The molecule has 2 N–H and O–H groups in total. The van der Waals surface area contributed by atoms with Crippen molar-refractivity contribution < 1.29 is 0 Å².